The van der Waals surface area contributed by atoms with Gasteiger partial charge in [-0.05, 0) is 77.9 Å². The molecule has 0 atom stereocenters. The van der Waals surface area contributed by atoms with E-state index in [4.69, 9.17) is 43.4 Å². The summed E-state index contributed by atoms with van der Waals surface area (Å²) in [5, 5.41) is 15.4. The van der Waals surface area contributed by atoms with Crippen LogP contribution in [-0.4, -0.2) is 11.7 Å². The number of nitrogens with one attached hydrogen (secondary N) is 2. The van der Waals surface area contributed by atoms with Gasteiger partial charge in [-0.3, -0.25) is 10.8 Å². The van der Waals surface area contributed by atoms with E-state index in [2.05, 4.69) is 0 Å². The van der Waals surface area contributed by atoms with Gasteiger partial charge in [0, 0.05) is 16.1 Å². The van der Waals surface area contributed by atoms with Crippen LogP contribution >= 0.6 is 11.6 Å². The summed E-state index contributed by atoms with van der Waals surface area (Å²) < 4.78 is 11.6. The Balaban J connectivity index is 1.61. The van der Waals surface area contributed by atoms with Crippen LogP contribution in [0.3, 0.4) is 0 Å². The van der Waals surface area contributed by atoms with Gasteiger partial charge in [0.1, 0.15) is 36.4 Å². The molecule has 0 aliphatic heterocycles. The van der Waals surface area contributed by atoms with Gasteiger partial charge in [-0.25, -0.2) is 0 Å². The van der Waals surface area contributed by atoms with Crippen molar-refractivity contribution >= 4 is 23.3 Å². The van der Waals surface area contributed by atoms with Crippen molar-refractivity contribution in [1.82, 2.24) is 0 Å². The van der Waals surface area contributed by atoms with Crippen LogP contribution in [0.2, 0.25) is 5.02 Å². The molecule has 0 saturated heterocycles. The summed E-state index contributed by atoms with van der Waals surface area (Å²) in [6, 6.07) is 19.7. The number of halogens is 1. The summed E-state index contributed by atoms with van der Waals surface area (Å²) in [4.78, 5) is 0. The molecule has 0 fully saturated rings. The van der Waals surface area contributed by atoms with E-state index >= 15 is 0 Å². The Morgan fingerprint density at radius 2 is 1.07 bits per heavy atom. The highest BCUT2D eigenvalue weighted by molar-refractivity contribution is 6.30. The van der Waals surface area contributed by atoms with E-state index in [-0.39, 0.29) is 11.7 Å². The molecule has 6 N–H and O–H groups in total. The lowest BCUT2D eigenvalue weighted by Gasteiger charge is -2.11. The maximum atomic E-state index is 7.42. The van der Waals surface area contributed by atoms with Gasteiger partial charge in [0.25, 0.3) is 0 Å². The fourth-order valence-corrected chi connectivity index (χ4v) is 2.96. The zero-order valence-corrected chi connectivity index (χ0v) is 16.4. The Labute approximate surface area is 174 Å². The molecule has 6 nitrogen and oxygen atoms in total. The van der Waals surface area contributed by atoms with Crippen molar-refractivity contribution in [2.24, 2.45) is 11.5 Å². The summed E-state index contributed by atoms with van der Waals surface area (Å²) in [7, 11) is 0. The first-order chi connectivity index (χ1) is 13.9. The van der Waals surface area contributed by atoms with Gasteiger partial charge in [0.2, 0.25) is 0 Å². The number of hydrogen-bond donors (Lipinski definition) is 4. The first kappa shape index (κ1) is 20.2. The zero-order chi connectivity index (χ0) is 20.8. The predicted octanol–water partition coefficient (Wildman–Crippen LogP) is 4.07. The minimum absolute atomic E-state index is 0.0203. The first-order valence-corrected chi connectivity index (χ1v) is 9.21. The summed E-state index contributed by atoms with van der Waals surface area (Å²) in [5.41, 5.74) is 14.0. The molecule has 0 aliphatic rings. The van der Waals surface area contributed by atoms with Gasteiger partial charge in [0.15, 0.2) is 0 Å². The van der Waals surface area contributed by atoms with Crippen LogP contribution in [-0.2, 0) is 13.2 Å². The maximum absolute atomic E-state index is 7.42. The van der Waals surface area contributed by atoms with Crippen molar-refractivity contribution in [3.05, 3.63) is 94.0 Å². The SMILES string of the molecule is N=C(N)c1ccc(OCc2cc(Cl)cc(COc3ccc(C(=N)N)cc3)c2)cc1. The van der Waals surface area contributed by atoms with Gasteiger partial charge in [-0.2, -0.15) is 0 Å². The van der Waals surface area contributed by atoms with Crippen molar-refractivity contribution in [3.63, 3.8) is 0 Å². The molecule has 0 spiro atoms. The summed E-state index contributed by atoms with van der Waals surface area (Å²) >= 11 is 6.24. The molecular formula is C22H21ClN4O2. The summed E-state index contributed by atoms with van der Waals surface area (Å²) in [6.45, 7) is 0.695. The third-order valence-corrected chi connectivity index (χ3v) is 4.38. The molecule has 0 saturated carbocycles. The summed E-state index contributed by atoms with van der Waals surface area (Å²) in [6.07, 6.45) is 0. The van der Waals surface area contributed by atoms with Gasteiger partial charge < -0.3 is 20.9 Å². The van der Waals surface area contributed by atoms with Crippen LogP contribution in [0.25, 0.3) is 0 Å². The van der Waals surface area contributed by atoms with E-state index in [1.807, 2.05) is 18.2 Å². The normalized spacial score (nSPS) is 10.4. The Bertz CT molecular complexity index is 938. The molecule has 29 heavy (non-hydrogen) atoms. The van der Waals surface area contributed by atoms with Crippen molar-refractivity contribution in [2.45, 2.75) is 13.2 Å². The number of ether oxygens (including phenoxy) is 2. The second kappa shape index (κ2) is 9.12. The molecule has 0 bridgehead atoms. The molecular weight excluding hydrogens is 388 g/mol. The Morgan fingerprint density at radius 3 is 1.41 bits per heavy atom. The second-order valence-electron chi connectivity index (χ2n) is 6.42. The van der Waals surface area contributed by atoms with Crippen molar-refractivity contribution in [3.8, 4) is 11.5 Å². The third kappa shape index (κ3) is 5.73. The molecule has 0 radical (unpaired) electrons. The minimum Gasteiger partial charge on any atom is -0.489 e. The standard InChI is InChI=1S/C22H21ClN4O2/c23-18-10-14(12-28-19-5-1-16(2-6-19)21(24)25)9-15(11-18)13-29-20-7-3-17(4-8-20)22(26)27/h1-11H,12-13H2,(H3,24,25)(H3,26,27). The van der Waals surface area contributed by atoms with E-state index in [1.54, 1.807) is 48.5 Å². The average molecular weight is 409 g/mol. The van der Waals surface area contributed by atoms with Gasteiger partial charge in [0.05, 0.1) is 0 Å². The van der Waals surface area contributed by atoms with Gasteiger partial charge in [-0.1, -0.05) is 11.6 Å². The topological polar surface area (TPSA) is 118 Å². The molecule has 0 amide bonds. The predicted molar refractivity (Wildman–Crippen MR) is 115 cm³/mol. The van der Waals surface area contributed by atoms with Crippen molar-refractivity contribution < 1.29 is 9.47 Å². The molecule has 7 heteroatoms. The molecule has 0 aliphatic carbocycles. The van der Waals surface area contributed by atoms with E-state index in [1.165, 1.54) is 0 Å². The number of nitrogen functional groups attached to an aromatic ring is 2. The van der Waals surface area contributed by atoms with Gasteiger partial charge >= 0.3 is 0 Å². The monoisotopic (exact) mass is 408 g/mol. The van der Waals surface area contributed by atoms with Crippen LogP contribution in [0.1, 0.15) is 22.3 Å². The minimum atomic E-state index is 0.0203. The highest BCUT2D eigenvalue weighted by atomic mass is 35.5. The van der Waals surface area contributed by atoms with Crippen molar-refractivity contribution in [1.29, 1.82) is 10.8 Å². The van der Waals surface area contributed by atoms with Gasteiger partial charge in [-0.15, -0.1) is 0 Å². The highest BCUT2D eigenvalue weighted by Crippen LogP contribution is 2.20. The number of hydrogen-bond acceptors (Lipinski definition) is 4. The van der Waals surface area contributed by atoms with E-state index in [0.29, 0.717) is 40.9 Å². The molecule has 3 rings (SSSR count). The van der Waals surface area contributed by atoms with Crippen LogP contribution in [0, 0.1) is 10.8 Å². The van der Waals surface area contributed by atoms with E-state index in [0.717, 1.165) is 11.1 Å². The zero-order valence-electron chi connectivity index (χ0n) is 15.6. The lowest BCUT2D eigenvalue weighted by molar-refractivity contribution is 0.300. The lowest BCUT2D eigenvalue weighted by atomic mass is 10.1. The smallest absolute Gasteiger partial charge is 0.122 e. The quantitative estimate of drug-likeness (QED) is 0.332. The second-order valence-corrected chi connectivity index (χ2v) is 6.86. The Kier molecular flexibility index (Phi) is 6.36. The molecule has 3 aromatic carbocycles. The molecule has 0 aromatic heterocycles. The van der Waals surface area contributed by atoms with E-state index in [9.17, 15) is 0 Å². The number of nitrogens with two attached hydrogens (primary N) is 2. The largest absolute Gasteiger partial charge is 0.489 e. The average Bonchev–Trinajstić information content (AvgIpc) is 2.71. The fourth-order valence-electron chi connectivity index (χ4n) is 2.68. The number of amidine groups is 2. The van der Waals surface area contributed by atoms with Crippen LogP contribution in [0.15, 0.2) is 66.7 Å². The molecule has 0 heterocycles. The Hall–Kier alpha value is -3.51. The van der Waals surface area contributed by atoms with Crippen LogP contribution in [0.4, 0.5) is 0 Å². The molecule has 3 aromatic rings. The van der Waals surface area contributed by atoms with E-state index < -0.39 is 0 Å². The van der Waals surface area contributed by atoms with Crippen molar-refractivity contribution in [2.75, 3.05) is 0 Å². The lowest BCUT2D eigenvalue weighted by Crippen LogP contribution is -2.10. The number of benzene rings is 3. The maximum Gasteiger partial charge on any atom is 0.122 e. The summed E-state index contributed by atoms with van der Waals surface area (Å²) in [5.74, 6) is 1.40. The Morgan fingerprint density at radius 1 is 0.690 bits per heavy atom. The molecule has 148 valence electrons. The highest BCUT2D eigenvalue weighted by Gasteiger charge is 2.04. The van der Waals surface area contributed by atoms with Crippen LogP contribution < -0.4 is 20.9 Å². The fraction of sp³-hybridized carbons (Fsp3) is 0.0909. The van der Waals surface area contributed by atoms with Crippen LogP contribution in [0.5, 0.6) is 11.5 Å². The number of rotatable bonds is 8. The third-order valence-electron chi connectivity index (χ3n) is 4.16. The molecule has 0 unspecified atom stereocenters. The first-order valence-electron chi connectivity index (χ1n) is 8.83.